The van der Waals surface area contributed by atoms with E-state index in [2.05, 4.69) is 0 Å². The number of amides is 1. The van der Waals surface area contributed by atoms with Crippen molar-refractivity contribution < 1.29 is 28.2 Å². The molecular formula is C14H13F2NO4. The van der Waals surface area contributed by atoms with Crippen molar-refractivity contribution in [2.45, 2.75) is 0 Å². The van der Waals surface area contributed by atoms with Crippen molar-refractivity contribution in [3.8, 4) is 5.75 Å². The number of ether oxygens (including phenoxy) is 1. The van der Waals surface area contributed by atoms with Crippen LogP contribution in [-0.2, 0) is 9.59 Å². The van der Waals surface area contributed by atoms with Crippen LogP contribution in [0.25, 0.3) is 0 Å². The Kier molecular flexibility index (Phi) is 3.27. The van der Waals surface area contributed by atoms with Crippen LogP contribution in [-0.4, -0.2) is 41.6 Å². The highest BCUT2D eigenvalue weighted by Crippen LogP contribution is 2.51. The van der Waals surface area contributed by atoms with Crippen LogP contribution in [0, 0.1) is 29.4 Å². The van der Waals surface area contributed by atoms with Crippen LogP contribution < -0.4 is 4.74 Å². The minimum atomic E-state index is -0.863. The fourth-order valence-corrected chi connectivity index (χ4v) is 2.92. The molecule has 1 aliphatic carbocycles. The number of likely N-dealkylation sites (tertiary alicyclic amines) is 1. The van der Waals surface area contributed by atoms with E-state index >= 15 is 0 Å². The third kappa shape index (κ3) is 2.55. The normalized spacial score (nSPS) is 26.4. The van der Waals surface area contributed by atoms with Gasteiger partial charge in [-0.2, -0.15) is 0 Å². The first kappa shape index (κ1) is 13.8. The lowest BCUT2D eigenvalue weighted by atomic mass is 10.2. The van der Waals surface area contributed by atoms with Gasteiger partial charge in [0.05, 0.1) is 5.92 Å². The monoisotopic (exact) mass is 297 g/mol. The zero-order chi connectivity index (χ0) is 15.1. The summed E-state index contributed by atoms with van der Waals surface area (Å²) < 4.78 is 31.1. The molecule has 1 unspecified atom stereocenters. The van der Waals surface area contributed by atoms with Crippen molar-refractivity contribution in [3.05, 3.63) is 29.8 Å². The van der Waals surface area contributed by atoms with E-state index < -0.39 is 17.6 Å². The lowest BCUT2D eigenvalue weighted by Crippen LogP contribution is -2.36. The lowest BCUT2D eigenvalue weighted by Gasteiger charge is -2.19. The first-order chi connectivity index (χ1) is 9.97. The second-order valence-electron chi connectivity index (χ2n) is 5.35. The van der Waals surface area contributed by atoms with Gasteiger partial charge in [0.2, 0.25) is 0 Å². The van der Waals surface area contributed by atoms with E-state index in [1.807, 2.05) is 0 Å². The predicted octanol–water partition coefficient (Wildman–Crippen LogP) is 1.13. The summed E-state index contributed by atoms with van der Waals surface area (Å²) in [5.74, 6) is -3.20. The lowest BCUT2D eigenvalue weighted by molar-refractivity contribution is -0.141. The first-order valence-electron chi connectivity index (χ1n) is 6.56. The third-order valence-electron chi connectivity index (χ3n) is 4.08. The number of carbonyl (C=O) groups excluding carboxylic acids is 1. The van der Waals surface area contributed by atoms with E-state index in [4.69, 9.17) is 9.84 Å². The summed E-state index contributed by atoms with van der Waals surface area (Å²) >= 11 is 0. The third-order valence-corrected chi connectivity index (χ3v) is 4.08. The number of halogens is 2. The quantitative estimate of drug-likeness (QED) is 0.905. The maximum atomic E-state index is 13.3. The fraction of sp³-hybridized carbons (Fsp3) is 0.429. The Labute approximate surface area is 119 Å². The molecule has 1 heterocycles. The fourth-order valence-electron chi connectivity index (χ4n) is 2.92. The zero-order valence-electron chi connectivity index (χ0n) is 11.0. The number of nitrogens with zero attached hydrogens (tertiary/aromatic N) is 1. The van der Waals surface area contributed by atoms with Crippen LogP contribution in [0.5, 0.6) is 5.75 Å². The van der Waals surface area contributed by atoms with Gasteiger partial charge in [-0.15, -0.1) is 0 Å². The van der Waals surface area contributed by atoms with Gasteiger partial charge in [0.15, 0.2) is 18.2 Å². The molecule has 1 aromatic carbocycles. The zero-order valence-corrected chi connectivity index (χ0v) is 11.0. The smallest absolute Gasteiger partial charge is 0.307 e. The number of piperidine rings is 1. The Morgan fingerprint density at radius 2 is 1.95 bits per heavy atom. The SMILES string of the molecule is O=C(O)C1[C@H]2CN(C(=O)COc3ccc(F)cc3F)C[C@@H]12. The molecule has 0 spiro atoms. The highest BCUT2D eigenvalue weighted by molar-refractivity contribution is 5.80. The Morgan fingerprint density at radius 3 is 2.52 bits per heavy atom. The molecule has 3 rings (SSSR count). The van der Waals surface area contributed by atoms with Gasteiger partial charge in [0.25, 0.3) is 5.91 Å². The molecule has 1 amide bonds. The number of benzene rings is 1. The molecular weight excluding hydrogens is 284 g/mol. The van der Waals surface area contributed by atoms with Gasteiger partial charge in [-0.3, -0.25) is 9.59 Å². The first-order valence-corrected chi connectivity index (χ1v) is 6.56. The molecule has 7 heteroatoms. The Hall–Kier alpha value is -2.18. The van der Waals surface area contributed by atoms with Gasteiger partial charge in [0.1, 0.15) is 5.82 Å². The molecule has 1 saturated carbocycles. The Morgan fingerprint density at radius 1 is 1.29 bits per heavy atom. The van der Waals surface area contributed by atoms with Gasteiger partial charge in [-0.05, 0) is 24.0 Å². The molecule has 0 radical (unpaired) electrons. The summed E-state index contributed by atoms with van der Waals surface area (Å²) in [6.45, 7) is 0.450. The molecule has 2 fully saturated rings. The van der Waals surface area contributed by atoms with Gasteiger partial charge in [0, 0.05) is 19.2 Å². The van der Waals surface area contributed by atoms with Crippen molar-refractivity contribution in [2.75, 3.05) is 19.7 Å². The number of aliphatic carboxylic acids is 1. The maximum Gasteiger partial charge on any atom is 0.307 e. The van der Waals surface area contributed by atoms with Crippen molar-refractivity contribution in [1.29, 1.82) is 0 Å². The second-order valence-corrected chi connectivity index (χ2v) is 5.35. The predicted molar refractivity (Wildman–Crippen MR) is 66.5 cm³/mol. The van der Waals surface area contributed by atoms with Crippen LogP contribution in [0.2, 0.25) is 0 Å². The number of hydrogen-bond donors (Lipinski definition) is 1. The molecule has 1 saturated heterocycles. The molecule has 1 N–H and O–H groups in total. The molecule has 1 aromatic rings. The van der Waals surface area contributed by atoms with E-state index in [-0.39, 0.29) is 36.0 Å². The van der Waals surface area contributed by atoms with Crippen LogP contribution in [0.3, 0.4) is 0 Å². The molecule has 5 nitrogen and oxygen atoms in total. The minimum Gasteiger partial charge on any atom is -0.481 e. The highest BCUT2D eigenvalue weighted by Gasteiger charge is 2.60. The van der Waals surface area contributed by atoms with Crippen LogP contribution in [0.1, 0.15) is 0 Å². The molecule has 2 aliphatic rings. The minimum absolute atomic E-state index is 0.0222. The average Bonchev–Trinajstić information content (AvgIpc) is 2.93. The van der Waals surface area contributed by atoms with E-state index in [9.17, 15) is 18.4 Å². The Balaban J connectivity index is 1.51. The van der Waals surface area contributed by atoms with E-state index in [1.54, 1.807) is 0 Å². The summed E-state index contributed by atoms with van der Waals surface area (Å²) in [5, 5.41) is 8.89. The van der Waals surface area contributed by atoms with Crippen molar-refractivity contribution in [1.82, 2.24) is 4.90 Å². The number of carbonyl (C=O) groups is 2. The standard InChI is InChI=1S/C14H13F2NO4/c15-7-1-2-11(10(16)3-7)21-6-12(18)17-4-8-9(5-17)13(8)14(19)20/h1-3,8-9,13H,4-6H2,(H,19,20)/t8-,9+,13?. The van der Waals surface area contributed by atoms with E-state index in [0.29, 0.717) is 19.2 Å². The summed E-state index contributed by atoms with van der Waals surface area (Å²) in [6, 6.07) is 2.85. The number of rotatable bonds is 4. The van der Waals surface area contributed by atoms with Crippen LogP contribution in [0.4, 0.5) is 8.78 Å². The van der Waals surface area contributed by atoms with Gasteiger partial charge in [-0.25, -0.2) is 8.78 Å². The summed E-state index contributed by atoms with van der Waals surface area (Å²) in [4.78, 5) is 24.2. The second kappa shape index (κ2) is 4.98. The maximum absolute atomic E-state index is 13.3. The summed E-state index contributed by atoms with van der Waals surface area (Å²) in [5.41, 5.74) is 0. The molecule has 1 aliphatic heterocycles. The van der Waals surface area contributed by atoms with Crippen LogP contribution >= 0.6 is 0 Å². The summed E-state index contributed by atoms with van der Waals surface area (Å²) in [6.07, 6.45) is 0. The largest absolute Gasteiger partial charge is 0.481 e. The molecule has 0 aromatic heterocycles. The molecule has 21 heavy (non-hydrogen) atoms. The number of hydrogen-bond acceptors (Lipinski definition) is 3. The average molecular weight is 297 g/mol. The molecule has 3 atom stereocenters. The van der Waals surface area contributed by atoms with Gasteiger partial charge < -0.3 is 14.7 Å². The topological polar surface area (TPSA) is 66.8 Å². The van der Waals surface area contributed by atoms with Crippen LogP contribution in [0.15, 0.2) is 18.2 Å². The van der Waals surface area contributed by atoms with E-state index in [1.165, 1.54) is 4.90 Å². The number of carboxylic acid groups (broad SMARTS) is 1. The highest BCUT2D eigenvalue weighted by atomic mass is 19.1. The van der Waals surface area contributed by atoms with E-state index in [0.717, 1.165) is 12.1 Å². The molecule has 112 valence electrons. The van der Waals surface area contributed by atoms with Crippen molar-refractivity contribution in [3.63, 3.8) is 0 Å². The van der Waals surface area contributed by atoms with Gasteiger partial charge >= 0.3 is 5.97 Å². The number of carboxylic acids is 1. The molecule has 0 bridgehead atoms. The van der Waals surface area contributed by atoms with Gasteiger partial charge in [-0.1, -0.05) is 0 Å². The Bertz CT molecular complexity index is 595. The van der Waals surface area contributed by atoms with Crippen molar-refractivity contribution in [2.24, 2.45) is 17.8 Å². The number of fused-ring (bicyclic) bond motifs is 1. The summed E-state index contributed by atoms with van der Waals surface area (Å²) in [7, 11) is 0. The van der Waals surface area contributed by atoms with Crippen molar-refractivity contribution >= 4 is 11.9 Å².